The number of hydrogen-bond donors (Lipinski definition) is 0. The van der Waals surface area contributed by atoms with Crippen LogP contribution in [0.25, 0.3) is 0 Å². The fourth-order valence-corrected chi connectivity index (χ4v) is 4.16. The number of piperidine rings is 1. The number of fused-ring (bicyclic) bond motifs is 1. The SMILES string of the molecule is CCCOc1ccc(C2CCCN3CCS(=O)(=O)N=C23)cc1F. The van der Waals surface area contributed by atoms with E-state index in [1.165, 1.54) is 6.07 Å². The first-order chi connectivity index (χ1) is 11.0. The summed E-state index contributed by atoms with van der Waals surface area (Å²) in [5.74, 6) is 0.271. The maximum atomic E-state index is 14.2. The molecule has 2 aliphatic rings. The molecule has 126 valence electrons. The van der Waals surface area contributed by atoms with Crippen LogP contribution in [0.1, 0.15) is 37.7 Å². The lowest BCUT2D eigenvalue weighted by Gasteiger charge is -2.37. The number of amidine groups is 1. The zero-order chi connectivity index (χ0) is 16.4. The molecule has 1 aromatic rings. The second-order valence-corrected chi connectivity index (χ2v) is 7.71. The van der Waals surface area contributed by atoms with Gasteiger partial charge in [-0.3, -0.25) is 0 Å². The van der Waals surface area contributed by atoms with Gasteiger partial charge in [-0.05, 0) is 37.0 Å². The molecular formula is C16H21FN2O3S. The van der Waals surface area contributed by atoms with E-state index in [-0.39, 0.29) is 17.4 Å². The molecule has 1 atom stereocenters. The van der Waals surface area contributed by atoms with Gasteiger partial charge >= 0.3 is 0 Å². The molecule has 1 saturated heterocycles. The molecule has 1 unspecified atom stereocenters. The van der Waals surface area contributed by atoms with E-state index in [2.05, 4.69) is 4.40 Å². The van der Waals surface area contributed by atoms with Crippen molar-refractivity contribution in [3.63, 3.8) is 0 Å². The van der Waals surface area contributed by atoms with Gasteiger partial charge in [-0.25, -0.2) is 12.8 Å². The highest BCUT2D eigenvalue weighted by Crippen LogP contribution is 2.33. The predicted molar refractivity (Wildman–Crippen MR) is 87.0 cm³/mol. The molecule has 0 amide bonds. The predicted octanol–water partition coefficient (Wildman–Crippen LogP) is 2.54. The van der Waals surface area contributed by atoms with Crippen LogP contribution < -0.4 is 4.74 Å². The summed E-state index contributed by atoms with van der Waals surface area (Å²) in [5.41, 5.74) is 0.756. The van der Waals surface area contributed by atoms with Crippen LogP contribution in [0.4, 0.5) is 4.39 Å². The molecule has 0 N–H and O–H groups in total. The molecule has 0 aliphatic carbocycles. The third-order valence-corrected chi connectivity index (χ3v) is 5.39. The van der Waals surface area contributed by atoms with Crippen molar-refractivity contribution in [3.8, 4) is 5.75 Å². The Labute approximate surface area is 136 Å². The van der Waals surface area contributed by atoms with Crippen LogP contribution >= 0.6 is 0 Å². The summed E-state index contributed by atoms with van der Waals surface area (Å²) < 4.78 is 47.1. The molecule has 2 aliphatic heterocycles. The molecular weight excluding hydrogens is 319 g/mol. The average Bonchev–Trinajstić information content (AvgIpc) is 2.52. The van der Waals surface area contributed by atoms with Gasteiger partial charge in [0.25, 0.3) is 10.0 Å². The minimum Gasteiger partial charge on any atom is -0.491 e. The van der Waals surface area contributed by atoms with Crippen LogP contribution in [0.3, 0.4) is 0 Å². The Kier molecular flexibility index (Phi) is 4.57. The topological polar surface area (TPSA) is 59.0 Å². The lowest BCUT2D eigenvalue weighted by molar-refractivity contribution is 0.301. The summed E-state index contributed by atoms with van der Waals surface area (Å²) in [6, 6.07) is 4.88. The van der Waals surface area contributed by atoms with E-state index in [1.807, 2.05) is 17.9 Å². The number of rotatable bonds is 4. The van der Waals surface area contributed by atoms with E-state index in [0.717, 1.165) is 31.4 Å². The maximum absolute atomic E-state index is 14.2. The fourth-order valence-electron chi connectivity index (χ4n) is 3.09. The summed E-state index contributed by atoms with van der Waals surface area (Å²) >= 11 is 0. The highest BCUT2D eigenvalue weighted by atomic mass is 32.2. The van der Waals surface area contributed by atoms with E-state index in [0.29, 0.717) is 19.0 Å². The zero-order valence-corrected chi connectivity index (χ0v) is 14.0. The van der Waals surface area contributed by atoms with Crippen molar-refractivity contribution in [2.75, 3.05) is 25.4 Å². The number of hydrogen-bond acceptors (Lipinski definition) is 4. The average molecular weight is 340 g/mol. The van der Waals surface area contributed by atoms with Gasteiger partial charge in [0, 0.05) is 19.0 Å². The van der Waals surface area contributed by atoms with Crippen molar-refractivity contribution >= 4 is 15.9 Å². The smallest absolute Gasteiger partial charge is 0.256 e. The Morgan fingerprint density at radius 3 is 2.96 bits per heavy atom. The number of halogens is 1. The quantitative estimate of drug-likeness (QED) is 0.845. The normalized spacial score (nSPS) is 23.1. The number of ether oxygens (including phenoxy) is 1. The van der Waals surface area contributed by atoms with Gasteiger partial charge in [-0.2, -0.15) is 0 Å². The molecule has 23 heavy (non-hydrogen) atoms. The molecule has 0 bridgehead atoms. The summed E-state index contributed by atoms with van der Waals surface area (Å²) in [7, 11) is -3.40. The molecule has 7 heteroatoms. The Balaban J connectivity index is 1.91. The van der Waals surface area contributed by atoms with Gasteiger partial charge < -0.3 is 9.64 Å². The van der Waals surface area contributed by atoms with Gasteiger partial charge in [0.15, 0.2) is 11.6 Å². The van der Waals surface area contributed by atoms with Crippen LogP contribution in [0.15, 0.2) is 22.6 Å². The van der Waals surface area contributed by atoms with Crippen LogP contribution in [0.2, 0.25) is 0 Å². The highest BCUT2D eigenvalue weighted by Gasteiger charge is 2.33. The Morgan fingerprint density at radius 2 is 2.22 bits per heavy atom. The van der Waals surface area contributed by atoms with Crippen molar-refractivity contribution in [2.45, 2.75) is 32.1 Å². The van der Waals surface area contributed by atoms with Crippen LogP contribution in [0.5, 0.6) is 5.75 Å². The van der Waals surface area contributed by atoms with E-state index in [9.17, 15) is 12.8 Å². The lowest BCUT2D eigenvalue weighted by Crippen LogP contribution is -2.46. The minimum absolute atomic E-state index is 0.0569. The Bertz CT molecular complexity index is 718. The summed E-state index contributed by atoms with van der Waals surface area (Å²) in [4.78, 5) is 2.01. The lowest BCUT2D eigenvalue weighted by atomic mass is 9.89. The van der Waals surface area contributed by atoms with Crippen LogP contribution in [0, 0.1) is 5.82 Å². The van der Waals surface area contributed by atoms with Crippen molar-refractivity contribution in [2.24, 2.45) is 4.40 Å². The monoisotopic (exact) mass is 340 g/mol. The van der Waals surface area contributed by atoms with E-state index >= 15 is 0 Å². The zero-order valence-electron chi connectivity index (χ0n) is 13.2. The molecule has 0 radical (unpaired) electrons. The first kappa shape index (κ1) is 16.2. The molecule has 0 saturated carbocycles. The third kappa shape index (κ3) is 3.49. The van der Waals surface area contributed by atoms with Crippen molar-refractivity contribution < 1.29 is 17.5 Å². The molecule has 1 aromatic carbocycles. The maximum Gasteiger partial charge on any atom is 0.256 e. The minimum atomic E-state index is -3.40. The summed E-state index contributed by atoms with van der Waals surface area (Å²) in [5, 5.41) is 0. The van der Waals surface area contributed by atoms with Gasteiger partial charge in [0.1, 0.15) is 5.84 Å². The van der Waals surface area contributed by atoms with Crippen molar-refractivity contribution in [1.29, 1.82) is 0 Å². The van der Waals surface area contributed by atoms with Gasteiger partial charge in [-0.1, -0.05) is 13.0 Å². The molecule has 1 fully saturated rings. The van der Waals surface area contributed by atoms with Crippen molar-refractivity contribution in [1.82, 2.24) is 4.90 Å². The third-order valence-electron chi connectivity index (χ3n) is 4.23. The molecule has 5 nitrogen and oxygen atoms in total. The number of benzene rings is 1. The second-order valence-electron chi connectivity index (χ2n) is 5.96. The Morgan fingerprint density at radius 1 is 1.39 bits per heavy atom. The number of nitrogens with zero attached hydrogens (tertiary/aromatic N) is 2. The van der Waals surface area contributed by atoms with E-state index in [1.54, 1.807) is 6.07 Å². The first-order valence-corrected chi connectivity index (χ1v) is 9.61. The highest BCUT2D eigenvalue weighted by molar-refractivity contribution is 7.90. The largest absolute Gasteiger partial charge is 0.491 e. The standard InChI is InChI=1S/C16H21FN2O3S/c1-2-9-22-15-6-5-12(11-14(15)17)13-4-3-7-19-8-10-23(20,21)18-16(13)19/h5-6,11,13H,2-4,7-10H2,1H3. The van der Waals surface area contributed by atoms with E-state index in [4.69, 9.17) is 4.74 Å². The Hall–Kier alpha value is -1.63. The van der Waals surface area contributed by atoms with E-state index < -0.39 is 15.8 Å². The molecule has 2 heterocycles. The van der Waals surface area contributed by atoms with Gasteiger partial charge in [0.05, 0.1) is 12.4 Å². The van der Waals surface area contributed by atoms with Crippen LogP contribution in [-0.2, 0) is 10.0 Å². The second kappa shape index (κ2) is 6.47. The van der Waals surface area contributed by atoms with Crippen molar-refractivity contribution in [3.05, 3.63) is 29.6 Å². The van der Waals surface area contributed by atoms with Gasteiger partial charge in [0.2, 0.25) is 0 Å². The van der Waals surface area contributed by atoms with Crippen LogP contribution in [-0.4, -0.2) is 44.6 Å². The first-order valence-electron chi connectivity index (χ1n) is 8.00. The fraction of sp³-hybridized carbons (Fsp3) is 0.562. The van der Waals surface area contributed by atoms with Gasteiger partial charge in [-0.15, -0.1) is 4.40 Å². The summed E-state index contributed by atoms with van der Waals surface area (Å²) in [6.45, 7) is 3.71. The number of sulfonamides is 1. The molecule has 3 rings (SSSR count). The summed E-state index contributed by atoms with van der Waals surface area (Å²) in [6.07, 6.45) is 2.53. The molecule has 0 aromatic heterocycles. The molecule has 0 spiro atoms.